The van der Waals surface area contributed by atoms with Crippen LogP contribution in [0.2, 0.25) is 0 Å². The summed E-state index contributed by atoms with van der Waals surface area (Å²) >= 11 is 0. The number of carbonyl (C=O) groups is 1. The smallest absolute Gasteiger partial charge is 0.469 e. The molecule has 0 unspecified atom stereocenters. The van der Waals surface area contributed by atoms with E-state index in [1.807, 2.05) is 0 Å². The molecule has 0 spiro atoms. The van der Waals surface area contributed by atoms with Crippen molar-refractivity contribution in [3.05, 3.63) is 64.2 Å². The van der Waals surface area contributed by atoms with Gasteiger partial charge in [-0.1, -0.05) is 51.1 Å². The first-order valence-corrected chi connectivity index (χ1v) is 17.1. The Balaban J connectivity index is 1.54. The number of nitrogens with one attached hydrogen (secondary N) is 1. The topological polar surface area (TPSA) is 125 Å². The summed E-state index contributed by atoms with van der Waals surface area (Å²) in [5.74, 6) is 0.0924. The highest BCUT2D eigenvalue weighted by Gasteiger charge is 2.43. The van der Waals surface area contributed by atoms with Crippen LogP contribution in [-0.4, -0.2) is 32.6 Å². The molecule has 1 saturated carbocycles. The van der Waals surface area contributed by atoms with Crippen molar-refractivity contribution in [3.8, 4) is 5.75 Å². The maximum absolute atomic E-state index is 14.6. The summed E-state index contributed by atoms with van der Waals surface area (Å²) < 4.78 is 65.7. The van der Waals surface area contributed by atoms with Crippen molar-refractivity contribution in [2.45, 2.75) is 110 Å². The number of hydrogen-bond acceptors (Lipinski definition) is 4. The largest absolute Gasteiger partial charge is 0.490 e. The number of alkyl halides is 3. The van der Waals surface area contributed by atoms with Crippen LogP contribution in [0, 0.1) is 17.3 Å². The van der Waals surface area contributed by atoms with E-state index in [2.05, 4.69) is 30.6 Å². The second kappa shape index (κ2) is 13.6. The van der Waals surface area contributed by atoms with Gasteiger partial charge in [-0.05, 0) is 110 Å². The molecule has 1 fully saturated rings. The molecule has 0 aromatic heterocycles. The van der Waals surface area contributed by atoms with E-state index in [4.69, 9.17) is 14.5 Å². The molecule has 0 saturated heterocycles. The Morgan fingerprint density at radius 2 is 1.60 bits per heavy atom. The van der Waals surface area contributed by atoms with Gasteiger partial charge in [0.25, 0.3) is 0 Å². The number of phosphoric ester groups is 1. The molecule has 45 heavy (non-hydrogen) atoms. The average molecular weight is 656 g/mol. The number of amides is 1. The zero-order chi connectivity index (χ0) is 33.2. The molecule has 4 N–H and O–H groups in total. The van der Waals surface area contributed by atoms with E-state index in [9.17, 15) is 27.6 Å². The summed E-state index contributed by atoms with van der Waals surface area (Å²) in [5, 5.41) is 12.4. The van der Waals surface area contributed by atoms with Crippen molar-refractivity contribution in [1.29, 1.82) is 0 Å². The molecule has 4 rings (SSSR count). The quantitative estimate of drug-likeness (QED) is 0.191. The fourth-order valence-electron chi connectivity index (χ4n) is 7.11. The van der Waals surface area contributed by atoms with Crippen molar-refractivity contribution < 1.29 is 46.7 Å². The number of halogens is 3. The van der Waals surface area contributed by atoms with Crippen molar-refractivity contribution in [2.75, 3.05) is 0 Å². The summed E-state index contributed by atoms with van der Waals surface area (Å²) in [7, 11) is -4.69. The molecule has 0 radical (unpaired) electrons. The van der Waals surface area contributed by atoms with Gasteiger partial charge in [-0.2, -0.15) is 13.2 Å². The number of aryl methyl sites for hydroxylation is 1. The van der Waals surface area contributed by atoms with Crippen LogP contribution < -0.4 is 10.1 Å². The Labute approximate surface area is 263 Å². The maximum atomic E-state index is 14.6. The molecule has 2 aromatic rings. The van der Waals surface area contributed by atoms with Gasteiger partial charge in [0.1, 0.15) is 11.3 Å². The van der Waals surface area contributed by atoms with E-state index in [0.717, 1.165) is 18.4 Å². The average Bonchev–Trinajstić information content (AvgIpc) is 2.93. The van der Waals surface area contributed by atoms with Gasteiger partial charge in [0.2, 0.25) is 0 Å². The van der Waals surface area contributed by atoms with Crippen molar-refractivity contribution >= 4 is 13.9 Å². The molecule has 0 aliphatic heterocycles. The van der Waals surface area contributed by atoms with Gasteiger partial charge in [0.05, 0.1) is 12.7 Å². The Kier molecular flexibility index (Phi) is 10.7. The first-order chi connectivity index (χ1) is 20.9. The lowest BCUT2D eigenvalue weighted by atomic mass is 9.70. The van der Waals surface area contributed by atoms with Gasteiger partial charge >= 0.3 is 20.1 Å². The van der Waals surface area contributed by atoms with E-state index in [1.54, 1.807) is 37.3 Å². The Morgan fingerprint density at radius 3 is 2.18 bits per heavy atom. The van der Waals surface area contributed by atoms with Crippen LogP contribution >= 0.6 is 7.82 Å². The highest BCUT2D eigenvalue weighted by atomic mass is 31.2. The summed E-state index contributed by atoms with van der Waals surface area (Å²) in [6.45, 7) is 8.03. The lowest BCUT2D eigenvalue weighted by molar-refractivity contribution is -0.140. The van der Waals surface area contributed by atoms with Gasteiger partial charge in [-0.15, -0.1) is 0 Å². The van der Waals surface area contributed by atoms with E-state index >= 15 is 0 Å². The number of hydrogen-bond donors (Lipinski definition) is 4. The zero-order valence-corrected chi connectivity index (χ0v) is 27.2. The lowest BCUT2D eigenvalue weighted by Crippen LogP contribution is -2.53. The van der Waals surface area contributed by atoms with Crippen molar-refractivity contribution in [3.63, 3.8) is 0 Å². The van der Waals surface area contributed by atoms with Gasteiger partial charge in [-0.25, -0.2) is 9.36 Å². The third kappa shape index (κ3) is 9.24. The summed E-state index contributed by atoms with van der Waals surface area (Å²) in [6.07, 6.45) is -1.43. The number of fused-ring (bicyclic) bond motifs is 1. The molecule has 2 aliphatic rings. The van der Waals surface area contributed by atoms with Gasteiger partial charge < -0.3 is 24.9 Å². The Bertz CT molecular complexity index is 1400. The van der Waals surface area contributed by atoms with Crippen LogP contribution in [0.1, 0.15) is 94.0 Å². The Hall–Kier alpha value is -2.59. The van der Waals surface area contributed by atoms with Crippen LogP contribution in [0.15, 0.2) is 36.4 Å². The minimum atomic E-state index is -4.69. The molecule has 0 bridgehead atoms. The number of phosphoric acid groups is 1. The summed E-state index contributed by atoms with van der Waals surface area (Å²) in [5.41, 5.74) is 0.495. The number of carboxylic acid groups (broad SMARTS) is 1. The highest BCUT2D eigenvalue weighted by molar-refractivity contribution is 7.46. The number of rotatable bonds is 10. The van der Waals surface area contributed by atoms with Crippen molar-refractivity contribution in [1.82, 2.24) is 5.32 Å². The van der Waals surface area contributed by atoms with E-state index in [0.29, 0.717) is 49.1 Å². The molecule has 1 amide bonds. The minimum absolute atomic E-state index is 0.125. The SMILES string of the molecule is CC(C)(C)C1CCC(Oc2ccc3c(c2C(F)(F)F)CC[C@H]([C@@](C)(CCc2ccccc2COP(=O)(O)O)NC(=O)O)C3)CC1. The second-order valence-electron chi connectivity index (χ2n) is 13.9. The molecular weight excluding hydrogens is 610 g/mol. The minimum Gasteiger partial charge on any atom is -0.490 e. The monoisotopic (exact) mass is 655 g/mol. The van der Waals surface area contributed by atoms with Gasteiger partial charge in [0.15, 0.2) is 0 Å². The normalized spacial score (nSPS) is 22.3. The highest BCUT2D eigenvalue weighted by Crippen LogP contribution is 2.46. The van der Waals surface area contributed by atoms with E-state index in [1.165, 1.54) is 6.07 Å². The van der Waals surface area contributed by atoms with Crippen LogP contribution in [-0.2, 0) is 41.1 Å². The van der Waals surface area contributed by atoms with Crippen LogP contribution in [0.5, 0.6) is 5.75 Å². The maximum Gasteiger partial charge on any atom is 0.469 e. The van der Waals surface area contributed by atoms with Crippen LogP contribution in [0.4, 0.5) is 18.0 Å². The molecule has 250 valence electrons. The predicted molar refractivity (Wildman–Crippen MR) is 164 cm³/mol. The van der Waals surface area contributed by atoms with Crippen LogP contribution in [0.25, 0.3) is 0 Å². The van der Waals surface area contributed by atoms with Crippen molar-refractivity contribution in [2.24, 2.45) is 17.3 Å². The zero-order valence-electron chi connectivity index (χ0n) is 26.3. The molecule has 12 heteroatoms. The van der Waals surface area contributed by atoms with Gasteiger partial charge in [0, 0.05) is 5.54 Å². The summed E-state index contributed by atoms with van der Waals surface area (Å²) in [4.78, 5) is 30.1. The fourth-order valence-corrected chi connectivity index (χ4v) is 7.42. The van der Waals surface area contributed by atoms with Gasteiger partial charge in [-0.3, -0.25) is 4.52 Å². The standard InChI is InChI=1S/C33H45F3NO7P/c1-31(2,3)24-10-13-26(14-11-24)44-28-16-9-22-19-25(12-15-27(22)29(28)33(34,35)36)32(4,37-30(38)39)18-17-21-7-5-6-8-23(21)20-43-45(40,41)42/h5-9,16,24-26,37H,10-15,17-20H2,1-4H3,(H,38,39)(H2,40,41,42)/t24?,25-,26?,32+/m0/s1. The lowest BCUT2D eigenvalue weighted by Gasteiger charge is -2.41. The molecule has 2 atom stereocenters. The first kappa shape index (κ1) is 35.3. The van der Waals surface area contributed by atoms with E-state index in [-0.39, 0.29) is 48.2 Å². The molecule has 0 heterocycles. The first-order valence-electron chi connectivity index (χ1n) is 15.5. The molecule has 2 aromatic carbocycles. The molecule has 8 nitrogen and oxygen atoms in total. The third-order valence-corrected chi connectivity index (χ3v) is 10.2. The summed E-state index contributed by atoms with van der Waals surface area (Å²) in [6, 6.07) is 10.1. The molecule has 2 aliphatic carbocycles. The number of benzene rings is 2. The van der Waals surface area contributed by atoms with E-state index < -0.39 is 31.2 Å². The molecular formula is C33H45F3NO7P. The predicted octanol–water partition coefficient (Wildman–Crippen LogP) is 8.06. The number of ether oxygens (including phenoxy) is 1. The Morgan fingerprint density at radius 1 is 0.956 bits per heavy atom. The third-order valence-electron chi connectivity index (χ3n) is 9.77. The van der Waals surface area contributed by atoms with Crippen LogP contribution in [0.3, 0.4) is 0 Å². The fraction of sp³-hybridized carbons (Fsp3) is 0.606. The second-order valence-corrected chi connectivity index (χ2v) is 15.1.